The molecule has 0 spiro atoms. The highest BCUT2D eigenvalue weighted by atomic mass is 32.2. The average molecular weight is 148 g/mol. The summed E-state index contributed by atoms with van der Waals surface area (Å²) in [5.41, 5.74) is 0. The molecule has 0 saturated carbocycles. The average Bonchev–Trinajstić information content (AvgIpc) is 2.15. The first-order valence-electron chi connectivity index (χ1n) is 2.11. The van der Waals surface area contributed by atoms with Crippen molar-refractivity contribution in [2.75, 3.05) is 6.54 Å². The van der Waals surface area contributed by atoms with Crippen LogP contribution in [0, 0.1) is 0 Å². The molecule has 0 aliphatic carbocycles. The van der Waals surface area contributed by atoms with Crippen LogP contribution in [0.5, 0.6) is 0 Å². The van der Waals surface area contributed by atoms with E-state index in [1.54, 1.807) is 0 Å². The number of carboxylic acid groups (broad SMARTS) is 1. The van der Waals surface area contributed by atoms with Crippen LogP contribution >= 0.6 is 12.1 Å². The number of aliphatic carboxylic acids is 1. The van der Waals surface area contributed by atoms with Crippen LogP contribution in [0.2, 0.25) is 0 Å². The van der Waals surface area contributed by atoms with Crippen molar-refractivity contribution in [2.45, 2.75) is 0 Å². The summed E-state index contributed by atoms with van der Waals surface area (Å²) in [5.74, 6) is -0.926. The maximum atomic E-state index is 9.97. The molecule has 0 amide bonds. The fourth-order valence-corrected chi connectivity index (χ4v) is 0.747. The molecule has 0 aromatic carbocycles. The van der Waals surface area contributed by atoms with Gasteiger partial charge < -0.3 is 5.11 Å². The lowest BCUT2D eigenvalue weighted by Crippen LogP contribution is -2.16. The van der Waals surface area contributed by atoms with Crippen LogP contribution < -0.4 is 4.83 Å². The molecule has 6 nitrogen and oxygen atoms in total. The molecule has 1 rings (SSSR count). The molecule has 1 aliphatic rings. The van der Waals surface area contributed by atoms with Crippen molar-refractivity contribution in [1.82, 2.24) is 9.25 Å². The van der Waals surface area contributed by atoms with Gasteiger partial charge in [0.2, 0.25) is 0 Å². The van der Waals surface area contributed by atoms with Gasteiger partial charge in [0.05, 0.1) is 0 Å². The number of hydrogen-bond donors (Lipinski definition) is 2. The summed E-state index contributed by atoms with van der Waals surface area (Å²) < 4.78 is 1.22. The zero-order valence-electron chi connectivity index (χ0n) is 4.31. The van der Waals surface area contributed by atoms with Crippen molar-refractivity contribution in [1.29, 1.82) is 0 Å². The van der Waals surface area contributed by atoms with Gasteiger partial charge in [-0.1, -0.05) is 0 Å². The van der Waals surface area contributed by atoms with Gasteiger partial charge in [-0.05, 0) is 10.4 Å². The monoisotopic (exact) mass is 148 g/mol. The van der Waals surface area contributed by atoms with E-state index in [0.29, 0.717) is 0 Å². The molecular formula is C2H4N4O2S. The van der Waals surface area contributed by atoms with Crippen LogP contribution in [0.15, 0.2) is 10.4 Å². The molecule has 0 saturated heterocycles. The molecule has 0 aromatic rings. The van der Waals surface area contributed by atoms with Gasteiger partial charge in [-0.15, -0.1) is 0 Å². The van der Waals surface area contributed by atoms with Gasteiger partial charge in [0.1, 0.15) is 18.7 Å². The van der Waals surface area contributed by atoms with Crippen molar-refractivity contribution in [3.8, 4) is 0 Å². The van der Waals surface area contributed by atoms with Crippen LogP contribution in [-0.2, 0) is 4.79 Å². The van der Waals surface area contributed by atoms with Crippen molar-refractivity contribution in [2.24, 2.45) is 10.4 Å². The highest BCUT2D eigenvalue weighted by Gasteiger charge is 2.11. The van der Waals surface area contributed by atoms with E-state index in [9.17, 15) is 4.79 Å². The summed E-state index contributed by atoms with van der Waals surface area (Å²) >= 11 is 1.04. The van der Waals surface area contributed by atoms with E-state index in [-0.39, 0.29) is 6.54 Å². The molecular weight excluding hydrogens is 144 g/mol. The molecule has 50 valence electrons. The standard InChI is InChI=1S/C2H4N4O2S/c7-2(8)1-6-4-3-5-9-6/h1H2,(H,4,5)(H,7,8). The van der Waals surface area contributed by atoms with Crippen LogP contribution in [-0.4, -0.2) is 22.0 Å². The normalized spacial score (nSPS) is 15.8. The Morgan fingerprint density at radius 1 is 1.89 bits per heavy atom. The minimum absolute atomic E-state index is 0.138. The summed E-state index contributed by atoms with van der Waals surface area (Å²) in [6.45, 7) is -0.138. The second kappa shape index (κ2) is 2.53. The van der Waals surface area contributed by atoms with Crippen molar-refractivity contribution in [3.05, 3.63) is 0 Å². The molecule has 0 aromatic heterocycles. The van der Waals surface area contributed by atoms with Gasteiger partial charge in [0, 0.05) is 0 Å². The van der Waals surface area contributed by atoms with E-state index < -0.39 is 5.97 Å². The van der Waals surface area contributed by atoms with Gasteiger partial charge in [0.15, 0.2) is 0 Å². The minimum Gasteiger partial charge on any atom is -0.480 e. The number of carbonyl (C=O) groups is 1. The smallest absolute Gasteiger partial charge is 0.326 e. The molecule has 7 heteroatoms. The number of nitrogens with one attached hydrogen (secondary N) is 1. The van der Waals surface area contributed by atoms with E-state index in [4.69, 9.17) is 5.11 Å². The van der Waals surface area contributed by atoms with Crippen LogP contribution in [0.1, 0.15) is 0 Å². The maximum Gasteiger partial charge on any atom is 0.326 e. The van der Waals surface area contributed by atoms with Crippen LogP contribution in [0.25, 0.3) is 0 Å². The third-order valence-corrected chi connectivity index (χ3v) is 1.18. The second-order valence-electron chi connectivity index (χ2n) is 1.28. The highest BCUT2D eigenvalue weighted by molar-refractivity contribution is 7.95. The molecule has 2 N–H and O–H groups in total. The first-order chi connectivity index (χ1) is 4.29. The van der Waals surface area contributed by atoms with E-state index >= 15 is 0 Å². The Balaban J connectivity index is 2.28. The summed E-state index contributed by atoms with van der Waals surface area (Å²) in [6, 6.07) is 0. The second-order valence-corrected chi connectivity index (χ2v) is 2.06. The molecule has 1 heterocycles. The zero-order chi connectivity index (χ0) is 6.69. The topological polar surface area (TPSA) is 77.3 Å². The van der Waals surface area contributed by atoms with Gasteiger partial charge in [-0.25, -0.2) is 4.83 Å². The minimum atomic E-state index is -0.926. The highest BCUT2D eigenvalue weighted by Crippen LogP contribution is 2.10. The van der Waals surface area contributed by atoms with Crippen molar-refractivity contribution >= 4 is 18.1 Å². The lowest BCUT2D eigenvalue weighted by molar-refractivity contribution is -0.137. The number of hydrogen-bond acceptors (Lipinski definition) is 6. The van der Waals surface area contributed by atoms with Gasteiger partial charge in [-0.3, -0.25) is 4.79 Å². The SMILES string of the molecule is O=C(O)CN1N=NNS1. The fraction of sp³-hybridized carbons (Fsp3) is 0.500. The van der Waals surface area contributed by atoms with Crippen molar-refractivity contribution in [3.63, 3.8) is 0 Å². The first-order valence-corrected chi connectivity index (χ1v) is 2.88. The first kappa shape index (κ1) is 6.14. The lowest BCUT2D eigenvalue weighted by Gasteiger charge is -2.02. The molecule has 1 aliphatic heterocycles. The third kappa shape index (κ3) is 1.76. The Hall–Kier alpha value is -0.980. The van der Waals surface area contributed by atoms with E-state index in [1.807, 2.05) is 0 Å². The van der Waals surface area contributed by atoms with E-state index in [2.05, 4.69) is 15.3 Å². The quantitative estimate of drug-likeness (QED) is 0.531. The van der Waals surface area contributed by atoms with Crippen molar-refractivity contribution < 1.29 is 9.90 Å². The summed E-state index contributed by atoms with van der Waals surface area (Å²) in [4.78, 5) is 12.4. The predicted molar refractivity (Wildman–Crippen MR) is 29.9 cm³/mol. The molecule has 0 bridgehead atoms. The summed E-state index contributed by atoms with van der Waals surface area (Å²) in [6.07, 6.45) is 0. The molecule has 0 fully saturated rings. The number of nitrogens with zero attached hydrogens (tertiary/aromatic N) is 3. The van der Waals surface area contributed by atoms with E-state index in [0.717, 1.165) is 12.1 Å². The Morgan fingerprint density at radius 3 is 3.11 bits per heavy atom. The lowest BCUT2D eigenvalue weighted by atomic mass is 10.7. The molecule has 9 heavy (non-hydrogen) atoms. The van der Waals surface area contributed by atoms with Gasteiger partial charge in [-0.2, -0.15) is 4.41 Å². The number of carboxylic acids is 1. The third-order valence-electron chi connectivity index (χ3n) is 0.602. The van der Waals surface area contributed by atoms with Gasteiger partial charge >= 0.3 is 5.97 Å². The maximum absolute atomic E-state index is 9.97. The predicted octanol–water partition coefficient (Wildman–Crippen LogP) is -0.178. The van der Waals surface area contributed by atoms with Crippen LogP contribution in [0.4, 0.5) is 0 Å². The summed E-state index contributed by atoms with van der Waals surface area (Å²) in [5, 5.41) is 14.9. The Bertz CT molecular complexity index is 148. The molecule has 0 atom stereocenters. The molecule has 0 unspecified atom stereocenters. The Labute approximate surface area is 55.1 Å². The van der Waals surface area contributed by atoms with E-state index in [1.165, 1.54) is 4.41 Å². The molecule has 0 radical (unpaired) electrons. The largest absolute Gasteiger partial charge is 0.480 e. The Morgan fingerprint density at radius 2 is 2.67 bits per heavy atom. The van der Waals surface area contributed by atoms with Gasteiger partial charge in [0.25, 0.3) is 0 Å². The zero-order valence-corrected chi connectivity index (χ0v) is 5.13. The number of rotatable bonds is 2. The Kier molecular flexibility index (Phi) is 1.73. The fourth-order valence-electron chi connectivity index (χ4n) is 0.331. The summed E-state index contributed by atoms with van der Waals surface area (Å²) in [7, 11) is 0. The van der Waals surface area contributed by atoms with Crippen LogP contribution in [0.3, 0.4) is 0 Å².